The Hall–Kier alpha value is -0.770. The lowest BCUT2D eigenvalue weighted by Gasteiger charge is -2.28. The van der Waals surface area contributed by atoms with Crippen molar-refractivity contribution in [3.8, 4) is 0 Å². The van der Waals surface area contributed by atoms with Gasteiger partial charge in [-0.15, -0.1) is 0 Å². The summed E-state index contributed by atoms with van der Waals surface area (Å²) in [4.78, 5) is 11.2. The number of carbonyl (C=O) groups is 1. The van der Waals surface area contributed by atoms with Crippen LogP contribution in [0.25, 0.3) is 0 Å². The molecule has 0 aromatic heterocycles. The minimum Gasteiger partial charge on any atom is -0.433 e. The van der Waals surface area contributed by atoms with E-state index in [1.54, 1.807) is 0 Å². The molecule has 0 aliphatic rings. The quantitative estimate of drug-likeness (QED) is 0.200. The van der Waals surface area contributed by atoms with Gasteiger partial charge in [-0.1, -0.05) is 13.3 Å². The average Bonchev–Trinajstić information content (AvgIpc) is 2.41. The third-order valence-electron chi connectivity index (χ3n) is 2.56. The van der Waals surface area contributed by atoms with E-state index in [4.69, 9.17) is 10.2 Å². The van der Waals surface area contributed by atoms with Gasteiger partial charge < -0.3 is 35.4 Å². The van der Waals surface area contributed by atoms with Crippen LogP contribution in [0.5, 0.6) is 0 Å². The van der Waals surface area contributed by atoms with Crippen LogP contribution < -0.4 is 0 Å². The van der Waals surface area contributed by atoms with Crippen molar-refractivity contribution in [2.75, 3.05) is 6.61 Å². The number of hydrogen-bond donors (Lipinski definition) is 6. The lowest BCUT2D eigenvalue weighted by atomic mass is 10.0. The Labute approximate surface area is 110 Å². The van der Waals surface area contributed by atoms with Gasteiger partial charge >= 0.3 is 5.97 Å². The van der Waals surface area contributed by atoms with Crippen LogP contribution >= 0.6 is 0 Å². The predicted molar refractivity (Wildman–Crippen MR) is 62.7 cm³/mol. The summed E-state index contributed by atoms with van der Waals surface area (Å²) in [5.41, 5.74) is 0. The van der Waals surface area contributed by atoms with E-state index in [-0.39, 0.29) is 6.42 Å². The number of esters is 1. The van der Waals surface area contributed by atoms with Crippen molar-refractivity contribution in [2.24, 2.45) is 0 Å². The van der Waals surface area contributed by atoms with Gasteiger partial charge in [-0.05, 0) is 6.42 Å². The molecule has 0 spiro atoms. The summed E-state index contributed by atoms with van der Waals surface area (Å²) < 4.78 is 4.45. The van der Waals surface area contributed by atoms with Gasteiger partial charge in [-0.3, -0.25) is 4.79 Å². The van der Waals surface area contributed by atoms with Crippen LogP contribution in [0.1, 0.15) is 26.2 Å². The molecule has 0 heterocycles. The monoisotopic (exact) mass is 282 g/mol. The van der Waals surface area contributed by atoms with Crippen LogP contribution in [0, 0.1) is 0 Å². The fourth-order valence-electron chi connectivity index (χ4n) is 1.29. The lowest BCUT2D eigenvalue weighted by Crippen LogP contribution is -2.50. The summed E-state index contributed by atoms with van der Waals surface area (Å²) in [6.07, 6.45) is -8.22. The van der Waals surface area contributed by atoms with Crippen molar-refractivity contribution < 1.29 is 40.2 Å². The van der Waals surface area contributed by atoms with Crippen molar-refractivity contribution in [1.82, 2.24) is 0 Å². The summed E-state index contributed by atoms with van der Waals surface area (Å²) >= 11 is 0. The van der Waals surface area contributed by atoms with Crippen LogP contribution in [0.4, 0.5) is 0 Å². The molecule has 114 valence electrons. The maximum Gasteiger partial charge on any atom is 0.308 e. The Kier molecular flexibility index (Phi) is 8.81. The van der Waals surface area contributed by atoms with E-state index in [1.807, 2.05) is 6.92 Å². The summed E-state index contributed by atoms with van der Waals surface area (Å²) in [6, 6.07) is 0. The van der Waals surface area contributed by atoms with E-state index in [2.05, 4.69) is 4.74 Å². The Morgan fingerprint density at radius 3 is 2.11 bits per heavy atom. The van der Waals surface area contributed by atoms with Gasteiger partial charge in [0.25, 0.3) is 0 Å². The number of ether oxygens (including phenoxy) is 1. The molecule has 0 aromatic carbocycles. The van der Waals surface area contributed by atoms with Crippen LogP contribution in [0.15, 0.2) is 0 Å². The molecule has 0 aromatic rings. The first-order chi connectivity index (χ1) is 8.84. The number of hydrogen-bond acceptors (Lipinski definition) is 8. The highest BCUT2D eigenvalue weighted by molar-refractivity contribution is 5.69. The average molecular weight is 282 g/mol. The van der Waals surface area contributed by atoms with Crippen molar-refractivity contribution in [3.63, 3.8) is 0 Å². The topological polar surface area (TPSA) is 148 Å². The van der Waals surface area contributed by atoms with Crippen LogP contribution in [0.2, 0.25) is 0 Å². The molecule has 19 heavy (non-hydrogen) atoms. The van der Waals surface area contributed by atoms with Gasteiger partial charge in [0.15, 0.2) is 0 Å². The van der Waals surface area contributed by atoms with Crippen LogP contribution in [0.3, 0.4) is 0 Å². The van der Waals surface area contributed by atoms with E-state index < -0.39 is 43.3 Å². The largest absolute Gasteiger partial charge is 0.433 e. The third kappa shape index (κ3) is 6.28. The third-order valence-corrected chi connectivity index (χ3v) is 2.56. The molecule has 0 rings (SSSR count). The van der Waals surface area contributed by atoms with Crippen LogP contribution in [-0.4, -0.2) is 73.9 Å². The number of carbonyl (C=O) groups excluding carboxylic acids is 1. The highest BCUT2D eigenvalue weighted by Gasteiger charge is 2.35. The number of aliphatic hydroxyl groups excluding tert-OH is 6. The first-order valence-electron chi connectivity index (χ1n) is 6.05. The molecule has 8 heteroatoms. The molecule has 0 bridgehead atoms. The van der Waals surface area contributed by atoms with E-state index >= 15 is 0 Å². The van der Waals surface area contributed by atoms with E-state index in [1.165, 1.54) is 0 Å². The van der Waals surface area contributed by atoms with Crippen LogP contribution in [-0.2, 0) is 9.53 Å². The fourth-order valence-corrected chi connectivity index (χ4v) is 1.29. The number of aliphatic hydroxyl groups is 6. The van der Waals surface area contributed by atoms with Gasteiger partial charge in [-0.25, -0.2) is 0 Å². The normalized spacial score (nSPS) is 19.3. The Morgan fingerprint density at radius 2 is 1.63 bits per heavy atom. The molecule has 0 saturated carbocycles. The molecule has 0 aliphatic heterocycles. The second-order valence-corrected chi connectivity index (χ2v) is 4.21. The molecular formula is C11H22O8. The van der Waals surface area contributed by atoms with Crippen molar-refractivity contribution in [3.05, 3.63) is 0 Å². The summed E-state index contributed by atoms with van der Waals surface area (Å²) in [7, 11) is 0. The molecule has 0 saturated heterocycles. The maximum atomic E-state index is 11.2. The molecule has 0 fully saturated rings. The molecule has 0 radical (unpaired) electrons. The van der Waals surface area contributed by atoms with E-state index in [0.29, 0.717) is 6.42 Å². The van der Waals surface area contributed by atoms with Crippen molar-refractivity contribution in [1.29, 1.82) is 0 Å². The smallest absolute Gasteiger partial charge is 0.308 e. The van der Waals surface area contributed by atoms with Gasteiger partial charge in [0.2, 0.25) is 6.29 Å². The number of unbranched alkanes of at least 4 members (excludes halogenated alkanes) is 1. The molecule has 5 atom stereocenters. The van der Waals surface area contributed by atoms with Crippen molar-refractivity contribution >= 4 is 5.97 Å². The zero-order valence-electron chi connectivity index (χ0n) is 10.7. The highest BCUT2D eigenvalue weighted by Crippen LogP contribution is 2.10. The Balaban J connectivity index is 4.30. The Morgan fingerprint density at radius 1 is 1.05 bits per heavy atom. The molecular weight excluding hydrogens is 260 g/mol. The Bertz CT molecular complexity index is 259. The second-order valence-electron chi connectivity index (χ2n) is 4.21. The summed E-state index contributed by atoms with van der Waals surface area (Å²) in [5.74, 6) is -0.752. The SMILES string of the molecule is CCCCC(=O)OC(O)[C@H](O)[C@@H](O)[C@H](O)[C@H](O)CO. The molecule has 8 nitrogen and oxygen atoms in total. The van der Waals surface area contributed by atoms with Gasteiger partial charge in [0, 0.05) is 6.42 Å². The standard InChI is InChI=1S/C11H22O8/c1-2-3-4-7(14)19-11(18)10(17)9(16)8(15)6(13)5-12/h6,8-13,15-18H,2-5H2,1H3/t6-,8-,9+,10-,11?/m1/s1. The molecule has 0 aliphatic carbocycles. The molecule has 0 amide bonds. The first kappa shape index (κ1) is 18.2. The van der Waals surface area contributed by atoms with E-state index in [0.717, 1.165) is 6.42 Å². The fraction of sp³-hybridized carbons (Fsp3) is 0.909. The van der Waals surface area contributed by atoms with Gasteiger partial charge in [0.05, 0.1) is 6.61 Å². The molecule has 1 unspecified atom stereocenters. The number of rotatable bonds is 9. The van der Waals surface area contributed by atoms with Crippen molar-refractivity contribution in [2.45, 2.75) is 56.9 Å². The summed E-state index contributed by atoms with van der Waals surface area (Å²) in [5, 5.41) is 55.2. The predicted octanol–water partition coefficient (Wildman–Crippen LogP) is -2.53. The van der Waals surface area contributed by atoms with Gasteiger partial charge in [-0.2, -0.15) is 0 Å². The van der Waals surface area contributed by atoms with E-state index in [9.17, 15) is 25.2 Å². The lowest BCUT2D eigenvalue weighted by molar-refractivity contribution is -0.213. The zero-order valence-corrected chi connectivity index (χ0v) is 10.7. The molecule has 6 N–H and O–H groups in total. The highest BCUT2D eigenvalue weighted by atomic mass is 16.6. The minimum absolute atomic E-state index is 0.0538. The first-order valence-corrected chi connectivity index (χ1v) is 6.05. The maximum absolute atomic E-state index is 11.2. The zero-order chi connectivity index (χ0) is 15.0. The minimum atomic E-state index is -2.03. The van der Waals surface area contributed by atoms with Gasteiger partial charge in [0.1, 0.15) is 24.4 Å². The second kappa shape index (κ2) is 9.18. The summed E-state index contributed by atoms with van der Waals surface area (Å²) in [6.45, 7) is 1.02.